The quantitative estimate of drug-likeness (QED) is 0.817. The second-order valence-electron chi connectivity index (χ2n) is 5.92. The SMILES string of the molecule is CC1CCCN(C2CCNCc3ccccc32)C1. The summed E-state index contributed by atoms with van der Waals surface area (Å²) in [5, 5.41) is 3.56. The first-order valence-electron chi connectivity index (χ1n) is 7.37. The summed E-state index contributed by atoms with van der Waals surface area (Å²) < 4.78 is 0. The number of rotatable bonds is 1. The molecule has 0 aromatic heterocycles. The van der Waals surface area contributed by atoms with Gasteiger partial charge in [-0.1, -0.05) is 31.2 Å². The summed E-state index contributed by atoms with van der Waals surface area (Å²) in [7, 11) is 0. The van der Waals surface area contributed by atoms with Crippen molar-refractivity contribution in [3.05, 3.63) is 35.4 Å². The fourth-order valence-electron chi connectivity index (χ4n) is 3.53. The van der Waals surface area contributed by atoms with E-state index in [2.05, 4.69) is 41.4 Å². The number of benzene rings is 1. The molecule has 2 aliphatic heterocycles. The predicted molar refractivity (Wildman–Crippen MR) is 75.5 cm³/mol. The normalized spacial score (nSPS) is 29.6. The summed E-state index contributed by atoms with van der Waals surface area (Å²) in [6, 6.07) is 9.63. The fourth-order valence-corrected chi connectivity index (χ4v) is 3.53. The predicted octanol–water partition coefficient (Wildman–Crippen LogP) is 2.95. The van der Waals surface area contributed by atoms with Gasteiger partial charge in [-0.05, 0) is 49.4 Å². The van der Waals surface area contributed by atoms with Crippen molar-refractivity contribution in [2.45, 2.75) is 38.8 Å². The first kappa shape index (κ1) is 12.2. The van der Waals surface area contributed by atoms with Crippen LogP contribution in [0, 0.1) is 5.92 Å². The first-order chi connectivity index (χ1) is 8.84. The maximum absolute atomic E-state index is 3.56. The molecule has 2 nitrogen and oxygen atoms in total. The highest BCUT2D eigenvalue weighted by Crippen LogP contribution is 2.32. The Morgan fingerprint density at radius 3 is 3.00 bits per heavy atom. The average molecular weight is 244 g/mol. The van der Waals surface area contributed by atoms with E-state index in [1.807, 2.05) is 0 Å². The Morgan fingerprint density at radius 1 is 1.22 bits per heavy atom. The molecule has 0 saturated carbocycles. The van der Waals surface area contributed by atoms with Gasteiger partial charge >= 0.3 is 0 Å². The Hall–Kier alpha value is -0.860. The number of nitrogens with zero attached hydrogens (tertiary/aromatic N) is 1. The molecule has 0 spiro atoms. The van der Waals surface area contributed by atoms with E-state index in [1.54, 1.807) is 5.56 Å². The van der Waals surface area contributed by atoms with Gasteiger partial charge in [-0.15, -0.1) is 0 Å². The topological polar surface area (TPSA) is 15.3 Å². The zero-order valence-electron chi connectivity index (χ0n) is 11.4. The molecule has 18 heavy (non-hydrogen) atoms. The van der Waals surface area contributed by atoms with Gasteiger partial charge in [-0.25, -0.2) is 0 Å². The summed E-state index contributed by atoms with van der Waals surface area (Å²) >= 11 is 0. The lowest BCUT2D eigenvalue weighted by atomic mass is 9.93. The van der Waals surface area contributed by atoms with Gasteiger partial charge in [0.05, 0.1) is 0 Å². The van der Waals surface area contributed by atoms with Crippen molar-refractivity contribution in [3.8, 4) is 0 Å². The molecule has 0 aliphatic carbocycles. The molecule has 2 heteroatoms. The molecule has 3 rings (SSSR count). The molecule has 1 N–H and O–H groups in total. The van der Waals surface area contributed by atoms with Crippen LogP contribution in [-0.2, 0) is 6.54 Å². The Balaban J connectivity index is 1.86. The Bertz CT molecular complexity index is 402. The second kappa shape index (κ2) is 5.41. The standard InChI is InChI=1S/C16H24N2/c1-13-5-4-10-18(12-13)16-8-9-17-11-14-6-2-3-7-15(14)16/h2-3,6-7,13,16-17H,4-5,8-12H2,1H3. The van der Waals surface area contributed by atoms with Crippen LogP contribution in [0.1, 0.15) is 43.4 Å². The van der Waals surface area contributed by atoms with E-state index in [1.165, 1.54) is 37.9 Å². The molecule has 1 aromatic rings. The maximum atomic E-state index is 3.56. The monoisotopic (exact) mass is 244 g/mol. The van der Waals surface area contributed by atoms with E-state index >= 15 is 0 Å². The third-order valence-electron chi connectivity index (χ3n) is 4.45. The number of piperidine rings is 1. The molecule has 0 bridgehead atoms. The van der Waals surface area contributed by atoms with Gasteiger partial charge in [0.15, 0.2) is 0 Å². The average Bonchev–Trinajstić information content (AvgIpc) is 2.61. The van der Waals surface area contributed by atoms with E-state index in [0.29, 0.717) is 6.04 Å². The number of likely N-dealkylation sites (tertiary alicyclic amines) is 1. The van der Waals surface area contributed by atoms with E-state index in [-0.39, 0.29) is 0 Å². The lowest BCUT2D eigenvalue weighted by Gasteiger charge is -2.37. The lowest BCUT2D eigenvalue weighted by molar-refractivity contribution is 0.124. The van der Waals surface area contributed by atoms with Gasteiger partial charge in [0.1, 0.15) is 0 Å². The number of nitrogens with one attached hydrogen (secondary N) is 1. The molecule has 2 unspecified atom stereocenters. The van der Waals surface area contributed by atoms with Crippen molar-refractivity contribution in [2.24, 2.45) is 5.92 Å². The number of hydrogen-bond acceptors (Lipinski definition) is 2. The lowest BCUT2D eigenvalue weighted by Crippen LogP contribution is -2.38. The van der Waals surface area contributed by atoms with Gasteiger partial charge < -0.3 is 5.32 Å². The smallest absolute Gasteiger partial charge is 0.0363 e. The van der Waals surface area contributed by atoms with Gasteiger partial charge in [-0.3, -0.25) is 4.90 Å². The van der Waals surface area contributed by atoms with Crippen molar-refractivity contribution >= 4 is 0 Å². The van der Waals surface area contributed by atoms with Gasteiger partial charge in [-0.2, -0.15) is 0 Å². The Morgan fingerprint density at radius 2 is 2.11 bits per heavy atom. The van der Waals surface area contributed by atoms with Crippen LogP contribution < -0.4 is 5.32 Å². The second-order valence-corrected chi connectivity index (χ2v) is 5.92. The molecular formula is C16H24N2. The minimum atomic E-state index is 0.638. The summed E-state index contributed by atoms with van der Waals surface area (Å²) in [6.45, 7) is 7.13. The molecule has 98 valence electrons. The summed E-state index contributed by atoms with van der Waals surface area (Å²) in [4.78, 5) is 2.72. The van der Waals surface area contributed by atoms with Crippen LogP contribution >= 0.6 is 0 Å². The van der Waals surface area contributed by atoms with Gasteiger partial charge in [0.2, 0.25) is 0 Å². The minimum Gasteiger partial charge on any atom is -0.313 e. The first-order valence-corrected chi connectivity index (χ1v) is 7.37. The number of hydrogen-bond donors (Lipinski definition) is 1. The van der Waals surface area contributed by atoms with Crippen LogP contribution in [0.4, 0.5) is 0 Å². The maximum Gasteiger partial charge on any atom is 0.0363 e. The van der Waals surface area contributed by atoms with Crippen LogP contribution in [0.2, 0.25) is 0 Å². The Kier molecular flexibility index (Phi) is 3.67. The highest BCUT2D eigenvalue weighted by molar-refractivity contribution is 5.31. The van der Waals surface area contributed by atoms with Crippen LogP contribution in [-0.4, -0.2) is 24.5 Å². The molecule has 1 saturated heterocycles. The van der Waals surface area contributed by atoms with Crippen LogP contribution in [0.5, 0.6) is 0 Å². The van der Waals surface area contributed by atoms with Crippen molar-refractivity contribution < 1.29 is 0 Å². The number of fused-ring (bicyclic) bond motifs is 1. The van der Waals surface area contributed by atoms with E-state index in [0.717, 1.165) is 19.0 Å². The van der Waals surface area contributed by atoms with Crippen molar-refractivity contribution in [3.63, 3.8) is 0 Å². The van der Waals surface area contributed by atoms with Crippen molar-refractivity contribution in [2.75, 3.05) is 19.6 Å². The van der Waals surface area contributed by atoms with E-state index < -0.39 is 0 Å². The minimum absolute atomic E-state index is 0.638. The van der Waals surface area contributed by atoms with E-state index in [4.69, 9.17) is 0 Å². The third-order valence-corrected chi connectivity index (χ3v) is 4.45. The molecular weight excluding hydrogens is 220 g/mol. The molecule has 0 amide bonds. The zero-order chi connectivity index (χ0) is 12.4. The molecule has 2 atom stereocenters. The molecule has 2 heterocycles. The largest absolute Gasteiger partial charge is 0.313 e. The molecule has 1 fully saturated rings. The Labute approximate surface area is 110 Å². The molecule has 2 aliphatic rings. The highest BCUT2D eigenvalue weighted by atomic mass is 15.2. The summed E-state index contributed by atoms with van der Waals surface area (Å²) in [5.41, 5.74) is 3.06. The van der Waals surface area contributed by atoms with Crippen LogP contribution in [0.3, 0.4) is 0 Å². The molecule has 1 aromatic carbocycles. The fraction of sp³-hybridized carbons (Fsp3) is 0.625. The molecule has 0 radical (unpaired) electrons. The van der Waals surface area contributed by atoms with Crippen LogP contribution in [0.15, 0.2) is 24.3 Å². The third kappa shape index (κ3) is 2.45. The summed E-state index contributed by atoms with van der Waals surface area (Å²) in [5.74, 6) is 0.863. The summed E-state index contributed by atoms with van der Waals surface area (Å²) in [6.07, 6.45) is 4.03. The van der Waals surface area contributed by atoms with Gasteiger partial charge in [0.25, 0.3) is 0 Å². The van der Waals surface area contributed by atoms with Crippen molar-refractivity contribution in [1.29, 1.82) is 0 Å². The van der Waals surface area contributed by atoms with Crippen molar-refractivity contribution in [1.82, 2.24) is 10.2 Å². The van der Waals surface area contributed by atoms with E-state index in [9.17, 15) is 0 Å². The highest BCUT2D eigenvalue weighted by Gasteiger charge is 2.27. The van der Waals surface area contributed by atoms with Crippen LogP contribution in [0.25, 0.3) is 0 Å². The zero-order valence-corrected chi connectivity index (χ0v) is 11.4. The van der Waals surface area contributed by atoms with Gasteiger partial charge in [0, 0.05) is 19.1 Å².